The molecule has 0 saturated heterocycles. The van der Waals surface area contributed by atoms with E-state index in [-0.39, 0.29) is 23.3 Å². The summed E-state index contributed by atoms with van der Waals surface area (Å²) in [7, 11) is 0. The Balaban J connectivity index is 2.49. The van der Waals surface area contributed by atoms with E-state index in [2.05, 4.69) is 22.9 Å². The number of hydrogen-bond acceptors (Lipinski definition) is 2. The molecule has 1 atom stereocenters. The minimum absolute atomic E-state index is 0.0607. The van der Waals surface area contributed by atoms with Crippen LogP contribution in [0.15, 0.2) is 40.9 Å². The fraction of sp³-hybridized carbons (Fsp3) is 0.294. The average Bonchev–Trinajstić information content (AvgIpc) is 2.37. The van der Waals surface area contributed by atoms with Gasteiger partial charge in [-0.15, -0.1) is 0 Å². The van der Waals surface area contributed by atoms with E-state index in [1.54, 1.807) is 0 Å². The van der Waals surface area contributed by atoms with E-state index >= 15 is 0 Å². The van der Waals surface area contributed by atoms with Crippen LogP contribution in [0.2, 0.25) is 0 Å². The second kappa shape index (κ2) is 5.88. The maximum Gasteiger partial charge on any atom is 0.123 e. The summed E-state index contributed by atoms with van der Waals surface area (Å²) in [5, 5.41) is 20.0. The molecular weight excluding hydrogens is 316 g/mol. The number of aromatic hydroxyl groups is 2. The van der Waals surface area contributed by atoms with E-state index in [0.717, 1.165) is 21.2 Å². The Morgan fingerprint density at radius 3 is 2.15 bits per heavy atom. The van der Waals surface area contributed by atoms with Crippen molar-refractivity contribution in [3.05, 3.63) is 57.6 Å². The van der Waals surface area contributed by atoms with Crippen LogP contribution in [0.3, 0.4) is 0 Å². The molecule has 106 valence electrons. The van der Waals surface area contributed by atoms with Crippen molar-refractivity contribution in [1.29, 1.82) is 0 Å². The van der Waals surface area contributed by atoms with Gasteiger partial charge in [-0.1, -0.05) is 48.8 Å². The van der Waals surface area contributed by atoms with Crippen LogP contribution in [-0.4, -0.2) is 10.2 Å². The van der Waals surface area contributed by atoms with Crippen molar-refractivity contribution in [2.45, 2.75) is 32.6 Å². The average molecular weight is 335 g/mol. The van der Waals surface area contributed by atoms with Crippen molar-refractivity contribution in [3.63, 3.8) is 0 Å². The van der Waals surface area contributed by atoms with Gasteiger partial charge in [-0.3, -0.25) is 0 Å². The topological polar surface area (TPSA) is 40.5 Å². The van der Waals surface area contributed by atoms with E-state index in [1.807, 2.05) is 44.2 Å². The van der Waals surface area contributed by atoms with Crippen LogP contribution >= 0.6 is 15.9 Å². The smallest absolute Gasteiger partial charge is 0.123 e. The first-order chi connectivity index (χ1) is 9.40. The van der Waals surface area contributed by atoms with Gasteiger partial charge in [0.25, 0.3) is 0 Å². The lowest BCUT2D eigenvalue weighted by Crippen LogP contribution is -1.99. The number of halogens is 1. The molecule has 0 radical (unpaired) electrons. The maximum absolute atomic E-state index is 10.1. The van der Waals surface area contributed by atoms with Gasteiger partial charge in [0.1, 0.15) is 11.5 Å². The fourth-order valence-corrected chi connectivity index (χ4v) is 2.79. The molecule has 0 aliphatic heterocycles. The first kappa shape index (κ1) is 14.9. The van der Waals surface area contributed by atoms with Crippen molar-refractivity contribution in [2.75, 3.05) is 0 Å². The molecule has 1 unspecified atom stereocenters. The van der Waals surface area contributed by atoms with Gasteiger partial charge in [-0.25, -0.2) is 0 Å². The molecule has 2 rings (SSSR count). The Morgan fingerprint density at radius 2 is 1.55 bits per heavy atom. The molecule has 3 heteroatoms. The molecule has 0 amide bonds. The summed E-state index contributed by atoms with van der Waals surface area (Å²) in [6.07, 6.45) is 0. The molecule has 0 aliphatic rings. The van der Waals surface area contributed by atoms with E-state index in [0.29, 0.717) is 0 Å². The second-order valence-electron chi connectivity index (χ2n) is 5.40. The van der Waals surface area contributed by atoms with Crippen molar-refractivity contribution in [1.82, 2.24) is 0 Å². The summed E-state index contributed by atoms with van der Waals surface area (Å²) in [4.78, 5) is 0. The monoisotopic (exact) mass is 334 g/mol. The van der Waals surface area contributed by atoms with Gasteiger partial charge in [0.05, 0.1) is 0 Å². The molecule has 0 bridgehead atoms. The minimum atomic E-state index is 0.0607. The van der Waals surface area contributed by atoms with Gasteiger partial charge in [-0.2, -0.15) is 0 Å². The molecule has 2 N–H and O–H groups in total. The van der Waals surface area contributed by atoms with Gasteiger partial charge in [0.2, 0.25) is 0 Å². The Morgan fingerprint density at radius 1 is 0.900 bits per heavy atom. The van der Waals surface area contributed by atoms with Gasteiger partial charge >= 0.3 is 0 Å². The summed E-state index contributed by atoms with van der Waals surface area (Å²) in [6.45, 7) is 6.11. The molecule has 0 aromatic heterocycles. The van der Waals surface area contributed by atoms with Crippen LogP contribution in [0, 0.1) is 0 Å². The summed E-state index contributed by atoms with van der Waals surface area (Å²) >= 11 is 3.47. The molecule has 0 fully saturated rings. The molecule has 2 aromatic rings. The summed E-state index contributed by atoms with van der Waals surface area (Å²) < 4.78 is 1.02. The number of phenolic OH excluding ortho intramolecular Hbond substituents is 2. The van der Waals surface area contributed by atoms with E-state index in [4.69, 9.17) is 0 Å². The summed E-state index contributed by atoms with van der Waals surface area (Å²) in [6, 6.07) is 11.4. The second-order valence-corrected chi connectivity index (χ2v) is 6.32. The highest BCUT2D eigenvalue weighted by atomic mass is 79.9. The van der Waals surface area contributed by atoms with Crippen molar-refractivity contribution >= 4 is 15.9 Å². The highest BCUT2D eigenvalue weighted by Gasteiger charge is 2.17. The Kier molecular flexibility index (Phi) is 4.39. The van der Waals surface area contributed by atoms with Crippen molar-refractivity contribution < 1.29 is 10.2 Å². The zero-order valence-corrected chi connectivity index (χ0v) is 13.5. The molecule has 0 heterocycles. The molecule has 20 heavy (non-hydrogen) atoms. The predicted molar refractivity (Wildman–Crippen MR) is 85.5 cm³/mol. The highest BCUT2D eigenvalue weighted by Crippen LogP contribution is 2.38. The molecular formula is C17H19BrO2. The minimum Gasteiger partial charge on any atom is -0.508 e. The third-order valence-electron chi connectivity index (χ3n) is 3.61. The van der Waals surface area contributed by atoms with Crippen LogP contribution in [0.4, 0.5) is 0 Å². The Bertz CT molecular complexity index is 620. The van der Waals surface area contributed by atoms with Crippen LogP contribution in [0.1, 0.15) is 49.3 Å². The molecule has 2 aromatic carbocycles. The van der Waals surface area contributed by atoms with Crippen LogP contribution in [0.25, 0.3) is 0 Å². The SMILES string of the molecule is CC(C)c1cc(C(C)c2cccc(Br)c2)c(O)cc1O. The standard InChI is InChI=1S/C17H19BrO2/c1-10(2)14-8-15(17(20)9-16(14)19)11(3)12-5-4-6-13(18)7-12/h4-11,19-20H,1-3H3. The molecule has 0 aliphatic carbocycles. The lowest BCUT2D eigenvalue weighted by molar-refractivity contribution is 0.438. The largest absolute Gasteiger partial charge is 0.508 e. The highest BCUT2D eigenvalue weighted by molar-refractivity contribution is 9.10. The fourth-order valence-electron chi connectivity index (χ4n) is 2.38. The van der Waals surface area contributed by atoms with E-state index in [9.17, 15) is 10.2 Å². The quantitative estimate of drug-likeness (QED) is 0.816. The lowest BCUT2D eigenvalue weighted by atomic mass is 9.89. The van der Waals surface area contributed by atoms with Crippen molar-refractivity contribution in [2.24, 2.45) is 0 Å². The predicted octanol–water partition coefficient (Wildman–Crippen LogP) is 5.14. The summed E-state index contributed by atoms with van der Waals surface area (Å²) in [5.41, 5.74) is 2.82. The Hall–Kier alpha value is -1.48. The number of rotatable bonds is 3. The summed E-state index contributed by atoms with van der Waals surface area (Å²) in [5.74, 6) is 0.566. The van der Waals surface area contributed by atoms with Crippen LogP contribution in [0.5, 0.6) is 11.5 Å². The lowest BCUT2D eigenvalue weighted by Gasteiger charge is -2.18. The van der Waals surface area contributed by atoms with Gasteiger partial charge in [0, 0.05) is 22.0 Å². The van der Waals surface area contributed by atoms with Crippen LogP contribution in [-0.2, 0) is 0 Å². The maximum atomic E-state index is 10.1. The Labute approximate surface area is 128 Å². The molecule has 0 saturated carbocycles. The van der Waals surface area contributed by atoms with E-state index < -0.39 is 0 Å². The van der Waals surface area contributed by atoms with Crippen LogP contribution < -0.4 is 0 Å². The zero-order valence-electron chi connectivity index (χ0n) is 11.9. The van der Waals surface area contributed by atoms with Gasteiger partial charge < -0.3 is 10.2 Å². The third-order valence-corrected chi connectivity index (χ3v) is 4.11. The zero-order chi connectivity index (χ0) is 14.9. The van der Waals surface area contributed by atoms with Gasteiger partial charge in [-0.05, 0) is 35.2 Å². The van der Waals surface area contributed by atoms with Gasteiger partial charge in [0.15, 0.2) is 0 Å². The first-order valence-corrected chi connectivity index (χ1v) is 7.50. The molecule has 2 nitrogen and oxygen atoms in total. The van der Waals surface area contributed by atoms with Crippen molar-refractivity contribution in [3.8, 4) is 11.5 Å². The number of phenols is 2. The molecule has 0 spiro atoms. The third kappa shape index (κ3) is 2.98. The normalized spacial score (nSPS) is 12.7. The van der Waals surface area contributed by atoms with E-state index in [1.165, 1.54) is 6.07 Å². The number of hydrogen-bond donors (Lipinski definition) is 2. The first-order valence-electron chi connectivity index (χ1n) is 6.71. The number of benzene rings is 2.